The SMILES string of the molecule is CCCCCCCCS(=O)(=O)N1CCC(Nc2ccc(CCN)cc2)CC1. The maximum absolute atomic E-state index is 12.5. The molecule has 3 N–H and O–H groups in total. The van der Waals surface area contributed by atoms with E-state index in [9.17, 15) is 8.42 Å². The van der Waals surface area contributed by atoms with Gasteiger partial charge in [0.2, 0.25) is 10.0 Å². The first-order valence-corrected chi connectivity index (χ1v) is 12.2. The van der Waals surface area contributed by atoms with Crippen LogP contribution < -0.4 is 11.1 Å². The molecular formula is C21H37N3O2S. The van der Waals surface area contributed by atoms with Crippen LogP contribution >= 0.6 is 0 Å². The van der Waals surface area contributed by atoms with Crippen molar-refractivity contribution < 1.29 is 8.42 Å². The standard InChI is InChI=1S/C21H37N3O2S/c1-2-3-4-5-6-7-18-27(25,26)24-16-13-21(14-17-24)23-20-10-8-19(9-11-20)12-15-22/h8-11,21,23H,2-7,12-18,22H2,1H3. The van der Waals surface area contributed by atoms with E-state index in [1.54, 1.807) is 4.31 Å². The average Bonchev–Trinajstić information content (AvgIpc) is 2.67. The number of unbranched alkanes of at least 4 members (excludes halogenated alkanes) is 5. The molecule has 0 spiro atoms. The number of anilines is 1. The maximum Gasteiger partial charge on any atom is 0.214 e. The van der Waals surface area contributed by atoms with E-state index in [0.29, 0.717) is 31.4 Å². The highest BCUT2D eigenvalue weighted by molar-refractivity contribution is 7.89. The lowest BCUT2D eigenvalue weighted by Gasteiger charge is -2.32. The van der Waals surface area contributed by atoms with Crippen LogP contribution in [0.5, 0.6) is 0 Å². The topological polar surface area (TPSA) is 75.4 Å². The Bertz CT molecular complexity index is 623. The molecule has 1 saturated heterocycles. The van der Waals surface area contributed by atoms with Crippen LogP contribution in [-0.2, 0) is 16.4 Å². The minimum atomic E-state index is -3.09. The number of nitrogens with one attached hydrogen (secondary N) is 1. The van der Waals surface area contributed by atoms with Gasteiger partial charge in [-0.15, -0.1) is 0 Å². The van der Waals surface area contributed by atoms with Crippen molar-refractivity contribution in [1.82, 2.24) is 4.31 Å². The summed E-state index contributed by atoms with van der Waals surface area (Å²) in [5.74, 6) is 0.305. The summed E-state index contributed by atoms with van der Waals surface area (Å²) in [6.45, 7) is 4.11. The molecule has 2 rings (SSSR count). The van der Waals surface area contributed by atoms with Gasteiger partial charge in [-0.25, -0.2) is 12.7 Å². The monoisotopic (exact) mass is 395 g/mol. The normalized spacial score (nSPS) is 16.5. The third-order valence-electron chi connectivity index (χ3n) is 5.36. The molecule has 0 atom stereocenters. The summed E-state index contributed by atoms with van der Waals surface area (Å²) >= 11 is 0. The molecule has 0 saturated carbocycles. The lowest BCUT2D eigenvalue weighted by molar-refractivity contribution is 0.329. The van der Waals surface area contributed by atoms with Crippen LogP contribution in [0.1, 0.15) is 63.9 Å². The Kier molecular flexibility index (Phi) is 9.59. The smallest absolute Gasteiger partial charge is 0.214 e. The van der Waals surface area contributed by atoms with E-state index in [1.165, 1.54) is 24.8 Å². The Morgan fingerprint density at radius 2 is 1.67 bits per heavy atom. The number of sulfonamides is 1. The Balaban J connectivity index is 1.70. The number of hydrogen-bond donors (Lipinski definition) is 2. The molecule has 1 aromatic carbocycles. The second-order valence-corrected chi connectivity index (χ2v) is 9.73. The van der Waals surface area contributed by atoms with Crippen molar-refractivity contribution in [2.75, 3.05) is 30.7 Å². The van der Waals surface area contributed by atoms with E-state index in [-0.39, 0.29) is 0 Å². The van der Waals surface area contributed by atoms with Crippen molar-refractivity contribution in [2.45, 2.75) is 70.8 Å². The number of benzene rings is 1. The summed E-state index contributed by atoms with van der Waals surface area (Å²) < 4.78 is 26.8. The van der Waals surface area contributed by atoms with Gasteiger partial charge in [0, 0.05) is 24.8 Å². The molecule has 5 nitrogen and oxygen atoms in total. The Morgan fingerprint density at radius 1 is 1.04 bits per heavy atom. The van der Waals surface area contributed by atoms with E-state index in [4.69, 9.17) is 5.73 Å². The summed E-state index contributed by atoms with van der Waals surface area (Å²) in [5, 5.41) is 3.54. The highest BCUT2D eigenvalue weighted by Gasteiger charge is 2.27. The first-order valence-electron chi connectivity index (χ1n) is 10.6. The van der Waals surface area contributed by atoms with E-state index < -0.39 is 10.0 Å². The molecular weight excluding hydrogens is 358 g/mol. The fourth-order valence-corrected chi connectivity index (χ4v) is 5.24. The molecule has 27 heavy (non-hydrogen) atoms. The minimum absolute atomic E-state index is 0.305. The largest absolute Gasteiger partial charge is 0.382 e. The molecule has 0 radical (unpaired) electrons. The van der Waals surface area contributed by atoms with Crippen LogP contribution in [0.15, 0.2) is 24.3 Å². The fourth-order valence-electron chi connectivity index (χ4n) is 3.64. The Labute approximate surface area is 165 Å². The molecule has 6 heteroatoms. The van der Waals surface area contributed by atoms with Gasteiger partial charge < -0.3 is 11.1 Å². The lowest BCUT2D eigenvalue weighted by Crippen LogP contribution is -2.43. The number of hydrogen-bond acceptors (Lipinski definition) is 4. The second kappa shape index (κ2) is 11.7. The number of rotatable bonds is 12. The molecule has 0 bridgehead atoms. The van der Waals surface area contributed by atoms with E-state index in [0.717, 1.165) is 44.2 Å². The molecule has 0 aliphatic carbocycles. The summed E-state index contributed by atoms with van der Waals surface area (Å²) in [6, 6.07) is 8.73. The third kappa shape index (κ3) is 7.80. The molecule has 1 aliphatic rings. The summed E-state index contributed by atoms with van der Waals surface area (Å²) in [7, 11) is -3.09. The van der Waals surface area contributed by atoms with Gasteiger partial charge in [0.15, 0.2) is 0 Å². The highest BCUT2D eigenvalue weighted by atomic mass is 32.2. The molecule has 0 unspecified atom stereocenters. The van der Waals surface area contributed by atoms with Crippen molar-refractivity contribution >= 4 is 15.7 Å². The van der Waals surface area contributed by atoms with Crippen LogP contribution in [0.3, 0.4) is 0 Å². The van der Waals surface area contributed by atoms with Gasteiger partial charge in [-0.2, -0.15) is 0 Å². The Morgan fingerprint density at radius 3 is 2.30 bits per heavy atom. The molecule has 1 fully saturated rings. The summed E-state index contributed by atoms with van der Waals surface area (Å²) in [6.07, 6.45) is 9.29. The van der Waals surface area contributed by atoms with Crippen LogP contribution in [0.25, 0.3) is 0 Å². The van der Waals surface area contributed by atoms with E-state index >= 15 is 0 Å². The van der Waals surface area contributed by atoms with Gasteiger partial charge in [-0.05, 0) is 49.9 Å². The van der Waals surface area contributed by atoms with Crippen molar-refractivity contribution in [1.29, 1.82) is 0 Å². The molecule has 1 aliphatic heterocycles. The van der Waals surface area contributed by atoms with Crippen LogP contribution in [0.2, 0.25) is 0 Å². The van der Waals surface area contributed by atoms with Crippen molar-refractivity contribution in [3.8, 4) is 0 Å². The highest BCUT2D eigenvalue weighted by Crippen LogP contribution is 2.20. The zero-order valence-electron chi connectivity index (χ0n) is 16.8. The van der Waals surface area contributed by atoms with Gasteiger partial charge in [0.1, 0.15) is 0 Å². The molecule has 154 valence electrons. The zero-order valence-corrected chi connectivity index (χ0v) is 17.6. The summed E-state index contributed by atoms with van der Waals surface area (Å²) in [5.41, 5.74) is 7.93. The zero-order chi connectivity index (χ0) is 19.5. The molecule has 0 amide bonds. The van der Waals surface area contributed by atoms with Crippen molar-refractivity contribution in [3.63, 3.8) is 0 Å². The Hall–Kier alpha value is -1.11. The maximum atomic E-state index is 12.5. The quantitative estimate of drug-likeness (QED) is 0.529. The number of piperidine rings is 1. The number of nitrogens with two attached hydrogens (primary N) is 1. The molecule has 1 aromatic rings. The van der Waals surface area contributed by atoms with Gasteiger partial charge in [-0.3, -0.25) is 0 Å². The lowest BCUT2D eigenvalue weighted by atomic mass is 10.1. The summed E-state index contributed by atoms with van der Waals surface area (Å²) in [4.78, 5) is 0. The predicted octanol–water partition coefficient (Wildman–Crippen LogP) is 3.75. The van der Waals surface area contributed by atoms with E-state index in [2.05, 4.69) is 36.5 Å². The molecule has 0 aromatic heterocycles. The van der Waals surface area contributed by atoms with Crippen LogP contribution in [-0.4, -0.2) is 44.2 Å². The first-order chi connectivity index (χ1) is 13.0. The van der Waals surface area contributed by atoms with Crippen molar-refractivity contribution in [3.05, 3.63) is 29.8 Å². The van der Waals surface area contributed by atoms with Crippen LogP contribution in [0, 0.1) is 0 Å². The predicted molar refractivity (Wildman–Crippen MR) is 115 cm³/mol. The van der Waals surface area contributed by atoms with E-state index in [1.807, 2.05) is 0 Å². The average molecular weight is 396 g/mol. The third-order valence-corrected chi connectivity index (χ3v) is 7.32. The van der Waals surface area contributed by atoms with Gasteiger partial charge in [-0.1, -0.05) is 51.2 Å². The second-order valence-electron chi connectivity index (χ2n) is 7.64. The number of nitrogens with zero attached hydrogens (tertiary/aromatic N) is 1. The van der Waals surface area contributed by atoms with Crippen LogP contribution in [0.4, 0.5) is 5.69 Å². The molecule has 1 heterocycles. The fraction of sp³-hybridized carbons (Fsp3) is 0.714. The van der Waals surface area contributed by atoms with Gasteiger partial charge in [0.25, 0.3) is 0 Å². The first kappa shape index (κ1) is 22.2. The van der Waals surface area contributed by atoms with Gasteiger partial charge in [0.05, 0.1) is 5.75 Å². The van der Waals surface area contributed by atoms with Gasteiger partial charge >= 0.3 is 0 Å². The minimum Gasteiger partial charge on any atom is -0.382 e. The van der Waals surface area contributed by atoms with Crippen molar-refractivity contribution in [2.24, 2.45) is 5.73 Å².